The van der Waals surface area contributed by atoms with E-state index in [-0.39, 0.29) is 11.9 Å². The molecule has 4 aromatic rings. The summed E-state index contributed by atoms with van der Waals surface area (Å²) in [5, 5.41) is 11.9. The van der Waals surface area contributed by atoms with Crippen molar-refractivity contribution < 1.29 is 4.79 Å². The molecule has 7 heteroatoms. The third-order valence-corrected chi connectivity index (χ3v) is 4.31. The molecule has 1 atom stereocenters. The maximum absolute atomic E-state index is 13.0. The number of carbonyl (C=O) groups is 1. The fourth-order valence-electron chi connectivity index (χ4n) is 3.01. The van der Waals surface area contributed by atoms with Crippen LogP contribution in [0.25, 0.3) is 16.9 Å². The number of nitrogens with zero attached hydrogens (tertiary/aromatic N) is 5. The van der Waals surface area contributed by atoms with Crippen molar-refractivity contribution in [2.24, 2.45) is 0 Å². The lowest BCUT2D eigenvalue weighted by Crippen LogP contribution is -2.35. The van der Waals surface area contributed by atoms with Crippen molar-refractivity contribution in [1.82, 2.24) is 29.9 Å². The van der Waals surface area contributed by atoms with E-state index in [1.807, 2.05) is 61.7 Å². The van der Waals surface area contributed by atoms with Gasteiger partial charge >= 0.3 is 0 Å². The molecule has 0 bridgehead atoms. The number of benzene rings is 1. The largest absolute Gasteiger partial charge is 0.348 e. The normalized spacial score (nSPS) is 11.9. The molecule has 0 aliphatic heterocycles. The maximum Gasteiger partial charge on any atom is 0.255 e. The summed E-state index contributed by atoms with van der Waals surface area (Å²) in [7, 11) is 0. The van der Waals surface area contributed by atoms with Gasteiger partial charge in [0.15, 0.2) is 0 Å². The molecule has 4 rings (SSSR count). The van der Waals surface area contributed by atoms with Crippen LogP contribution in [0, 0.1) is 0 Å². The third kappa shape index (κ3) is 3.83. The van der Waals surface area contributed by atoms with Crippen molar-refractivity contribution in [1.29, 1.82) is 0 Å². The second-order valence-corrected chi connectivity index (χ2v) is 6.52. The van der Waals surface area contributed by atoms with Gasteiger partial charge in [-0.2, -0.15) is 10.2 Å². The minimum Gasteiger partial charge on any atom is -0.348 e. The first-order valence-electron chi connectivity index (χ1n) is 9.04. The molecular weight excluding hydrogens is 352 g/mol. The van der Waals surface area contributed by atoms with Crippen LogP contribution in [-0.2, 0) is 6.54 Å². The number of hydrogen-bond acceptors (Lipinski definition) is 4. The number of aromatic nitrogens is 5. The van der Waals surface area contributed by atoms with Gasteiger partial charge in [-0.25, -0.2) is 4.68 Å². The smallest absolute Gasteiger partial charge is 0.255 e. The number of carbonyl (C=O) groups excluding carboxylic acids is 1. The first-order valence-corrected chi connectivity index (χ1v) is 9.04. The van der Waals surface area contributed by atoms with Crippen molar-refractivity contribution in [3.05, 3.63) is 85.1 Å². The summed E-state index contributed by atoms with van der Waals surface area (Å²) in [6.07, 6.45) is 8.76. The number of nitrogens with one attached hydrogen (secondary N) is 1. The Hall–Kier alpha value is -3.74. The molecule has 0 spiro atoms. The fraction of sp³-hybridized carbons (Fsp3) is 0.143. The average Bonchev–Trinajstić information content (AvgIpc) is 3.39. The highest BCUT2D eigenvalue weighted by Crippen LogP contribution is 2.23. The molecule has 1 aromatic carbocycles. The van der Waals surface area contributed by atoms with Crippen LogP contribution < -0.4 is 5.32 Å². The van der Waals surface area contributed by atoms with Crippen LogP contribution in [0.3, 0.4) is 0 Å². The zero-order valence-electron chi connectivity index (χ0n) is 15.4. The van der Waals surface area contributed by atoms with E-state index in [1.165, 1.54) is 0 Å². The Balaban J connectivity index is 1.64. The maximum atomic E-state index is 13.0. The van der Waals surface area contributed by atoms with Crippen molar-refractivity contribution in [3.8, 4) is 16.9 Å². The number of amides is 1. The van der Waals surface area contributed by atoms with Crippen molar-refractivity contribution in [2.45, 2.75) is 19.5 Å². The van der Waals surface area contributed by atoms with Gasteiger partial charge in [-0.3, -0.25) is 14.5 Å². The number of rotatable bonds is 6. The summed E-state index contributed by atoms with van der Waals surface area (Å²) in [5.41, 5.74) is 2.78. The molecule has 3 aromatic heterocycles. The second-order valence-electron chi connectivity index (χ2n) is 6.52. The molecule has 140 valence electrons. The summed E-state index contributed by atoms with van der Waals surface area (Å²) < 4.78 is 3.51. The molecule has 0 aliphatic rings. The summed E-state index contributed by atoms with van der Waals surface area (Å²) in [4.78, 5) is 17.2. The van der Waals surface area contributed by atoms with Gasteiger partial charge in [0, 0.05) is 42.6 Å². The van der Waals surface area contributed by atoms with Crippen LogP contribution in [0.15, 0.2) is 79.5 Å². The summed E-state index contributed by atoms with van der Waals surface area (Å²) in [6, 6.07) is 15.2. The SMILES string of the molecule is CC(Cn1cccn1)NC(=O)c1cn(-c2ccccc2)nc1-c1cccnc1. The van der Waals surface area contributed by atoms with E-state index in [4.69, 9.17) is 0 Å². The van der Waals surface area contributed by atoms with Gasteiger partial charge < -0.3 is 5.32 Å². The molecule has 0 saturated heterocycles. The third-order valence-electron chi connectivity index (χ3n) is 4.31. The van der Waals surface area contributed by atoms with Crippen LogP contribution in [0.5, 0.6) is 0 Å². The Morgan fingerprint density at radius 3 is 2.68 bits per heavy atom. The predicted molar refractivity (Wildman–Crippen MR) is 106 cm³/mol. The quantitative estimate of drug-likeness (QED) is 0.564. The van der Waals surface area contributed by atoms with E-state index in [0.29, 0.717) is 17.8 Å². The molecule has 0 fully saturated rings. The molecule has 0 aliphatic carbocycles. The number of hydrogen-bond donors (Lipinski definition) is 1. The Bertz CT molecular complexity index is 1040. The Labute approximate surface area is 162 Å². The molecule has 7 nitrogen and oxygen atoms in total. The monoisotopic (exact) mass is 372 g/mol. The molecule has 1 amide bonds. The molecule has 0 saturated carbocycles. The average molecular weight is 372 g/mol. The van der Waals surface area contributed by atoms with E-state index in [9.17, 15) is 4.79 Å². The Morgan fingerprint density at radius 1 is 1.11 bits per heavy atom. The van der Waals surface area contributed by atoms with E-state index in [2.05, 4.69) is 20.5 Å². The van der Waals surface area contributed by atoms with Crippen molar-refractivity contribution in [2.75, 3.05) is 0 Å². The first-order chi connectivity index (χ1) is 13.7. The van der Waals surface area contributed by atoms with Crippen LogP contribution in [0.2, 0.25) is 0 Å². The minimum atomic E-state index is -0.180. The van der Waals surface area contributed by atoms with Gasteiger partial charge in [-0.1, -0.05) is 18.2 Å². The van der Waals surface area contributed by atoms with Crippen LogP contribution >= 0.6 is 0 Å². The standard InChI is InChI=1S/C21H20N6O/c1-16(14-26-12-6-11-23-26)24-21(28)19-15-27(18-8-3-2-4-9-18)25-20(19)17-7-5-10-22-13-17/h2-13,15-16H,14H2,1H3,(H,24,28). The number of para-hydroxylation sites is 1. The van der Waals surface area contributed by atoms with E-state index < -0.39 is 0 Å². The summed E-state index contributed by atoms with van der Waals surface area (Å²) in [5.74, 6) is -0.180. The Kier molecular flexibility index (Phi) is 4.97. The molecule has 1 unspecified atom stereocenters. The van der Waals surface area contributed by atoms with Crippen molar-refractivity contribution >= 4 is 5.91 Å². The molecule has 3 heterocycles. The van der Waals surface area contributed by atoms with Gasteiger partial charge in [-0.05, 0) is 37.3 Å². The van der Waals surface area contributed by atoms with Gasteiger partial charge in [0.25, 0.3) is 5.91 Å². The van der Waals surface area contributed by atoms with Gasteiger partial charge in [0.1, 0.15) is 5.69 Å². The summed E-state index contributed by atoms with van der Waals surface area (Å²) >= 11 is 0. The van der Waals surface area contributed by atoms with Gasteiger partial charge in [0.2, 0.25) is 0 Å². The second kappa shape index (κ2) is 7.87. The highest BCUT2D eigenvalue weighted by molar-refractivity contribution is 6.00. The first kappa shape index (κ1) is 17.7. The lowest BCUT2D eigenvalue weighted by Gasteiger charge is -2.13. The zero-order chi connectivity index (χ0) is 19.3. The van der Waals surface area contributed by atoms with Gasteiger partial charge in [0.05, 0.1) is 17.8 Å². The highest BCUT2D eigenvalue weighted by atomic mass is 16.1. The lowest BCUT2D eigenvalue weighted by atomic mass is 10.1. The topological polar surface area (TPSA) is 77.6 Å². The molecule has 28 heavy (non-hydrogen) atoms. The van der Waals surface area contributed by atoms with E-state index in [0.717, 1.165) is 11.3 Å². The fourth-order valence-corrected chi connectivity index (χ4v) is 3.01. The van der Waals surface area contributed by atoms with E-state index in [1.54, 1.807) is 34.2 Å². The highest BCUT2D eigenvalue weighted by Gasteiger charge is 2.20. The minimum absolute atomic E-state index is 0.0887. The predicted octanol–water partition coefficient (Wildman–Crippen LogP) is 2.95. The molecule has 0 radical (unpaired) electrons. The van der Waals surface area contributed by atoms with Crippen LogP contribution in [-0.4, -0.2) is 36.5 Å². The van der Waals surface area contributed by atoms with Crippen LogP contribution in [0.4, 0.5) is 0 Å². The molecule has 1 N–H and O–H groups in total. The lowest BCUT2D eigenvalue weighted by molar-refractivity contribution is 0.0936. The van der Waals surface area contributed by atoms with E-state index >= 15 is 0 Å². The van der Waals surface area contributed by atoms with Crippen molar-refractivity contribution in [3.63, 3.8) is 0 Å². The zero-order valence-corrected chi connectivity index (χ0v) is 15.4. The van der Waals surface area contributed by atoms with Gasteiger partial charge in [-0.15, -0.1) is 0 Å². The van der Waals surface area contributed by atoms with Crippen LogP contribution in [0.1, 0.15) is 17.3 Å². The molecular formula is C21H20N6O. The number of pyridine rings is 1. The Morgan fingerprint density at radius 2 is 1.96 bits per heavy atom. The summed E-state index contributed by atoms with van der Waals surface area (Å²) in [6.45, 7) is 2.54.